The van der Waals surface area contributed by atoms with E-state index >= 15 is 0 Å². The minimum Gasteiger partial charge on any atom is -0.276 e. The molecule has 0 saturated carbocycles. The molecule has 0 unspecified atom stereocenters. The highest BCUT2D eigenvalue weighted by Gasteiger charge is 2.18. The fourth-order valence-electron chi connectivity index (χ4n) is 0.158. The van der Waals surface area contributed by atoms with Gasteiger partial charge in [-0.25, -0.2) is 0 Å². The van der Waals surface area contributed by atoms with E-state index in [1.807, 2.05) is 0 Å². The maximum Gasteiger partial charge on any atom is 0.237 e. The number of carbonyl (C=O) groups excluding carboxylic acids is 1. The number of carbonyl (C=O) groups is 1. The van der Waals surface area contributed by atoms with Gasteiger partial charge < -0.3 is 0 Å². The van der Waals surface area contributed by atoms with Gasteiger partial charge in [0.25, 0.3) is 0 Å². The zero-order valence-corrected chi connectivity index (χ0v) is 5.31. The van der Waals surface area contributed by atoms with E-state index in [0.29, 0.717) is 0 Å². The van der Waals surface area contributed by atoms with Gasteiger partial charge in [0, 0.05) is 0 Å². The average molecular weight is 119 g/mol. The predicted octanol–water partition coefficient (Wildman–Crippen LogP) is 1.13. The summed E-state index contributed by atoms with van der Waals surface area (Å²) in [5.41, 5.74) is -0.693. The first-order valence-corrected chi connectivity index (χ1v) is 2.39. The number of hydrogen-bond donors (Lipinski definition) is 0. The second-order valence-electron chi connectivity index (χ2n) is 2.59. The van der Waals surface area contributed by atoms with E-state index in [1.165, 1.54) is 0 Å². The maximum atomic E-state index is 12.1. The Kier molecular flexibility index (Phi) is 1.95. The van der Waals surface area contributed by atoms with Crippen molar-refractivity contribution in [2.24, 2.45) is 0 Å². The molecule has 8 heavy (non-hydrogen) atoms. The van der Waals surface area contributed by atoms with E-state index in [1.54, 1.807) is 20.8 Å². The van der Waals surface area contributed by atoms with Crippen LogP contribution in [0, 0.1) is 0 Å². The van der Waals surface area contributed by atoms with Crippen LogP contribution in [-0.4, -0.2) is 17.1 Å². The van der Waals surface area contributed by atoms with Gasteiger partial charge in [0.05, 0.1) is 5.54 Å². The lowest BCUT2D eigenvalue weighted by atomic mass is 10.1. The van der Waals surface area contributed by atoms with Crippen LogP contribution < -0.4 is 0 Å². The Balaban J connectivity index is 3.80. The van der Waals surface area contributed by atoms with Gasteiger partial charge in [-0.15, -0.1) is 0 Å². The van der Waals surface area contributed by atoms with Crippen LogP contribution in [0.4, 0.5) is 4.48 Å². The largest absolute Gasteiger partial charge is 0.276 e. The number of amides is 1. The van der Waals surface area contributed by atoms with E-state index in [-0.39, 0.29) is 11.5 Å². The van der Waals surface area contributed by atoms with Crippen molar-refractivity contribution in [3.63, 3.8) is 0 Å². The van der Waals surface area contributed by atoms with Gasteiger partial charge in [-0.05, 0) is 20.8 Å². The zero-order valence-electron chi connectivity index (χ0n) is 5.31. The molecule has 0 rings (SSSR count). The fourth-order valence-corrected chi connectivity index (χ4v) is 0.158. The Morgan fingerprint density at radius 2 is 1.88 bits per heavy atom. The van der Waals surface area contributed by atoms with Crippen molar-refractivity contribution in [1.29, 1.82) is 0 Å². The molecule has 0 bridgehead atoms. The summed E-state index contributed by atoms with van der Waals surface area (Å²) in [6.45, 7) is 4.84. The molecule has 0 aromatic heterocycles. The molecule has 0 aliphatic carbocycles. The molecule has 0 saturated heterocycles. The van der Waals surface area contributed by atoms with E-state index < -0.39 is 5.54 Å². The highest BCUT2D eigenvalue weighted by molar-refractivity contribution is 5.46. The molecule has 0 fully saturated rings. The summed E-state index contributed by atoms with van der Waals surface area (Å²) < 4.78 is 12.1. The molecule has 2 nitrogen and oxygen atoms in total. The van der Waals surface area contributed by atoms with Gasteiger partial charge in [-0.1, -0.05) is 4.48 Å². The third-order valence-corrected chi connectivity index (χ3v) is 0.733. The lowest BCUT2D eigenvalue weighted by molar-refractivity contribution is -0.142. The lowest BCUT2D eigenvalue weighted by Crippen LogP contribution is -2.33. The molecule has 0 N–H and O–H groups in total. The second kappa shape index (κ2) is 2.11. The van der Waals surface area contributed by atoms with Crippen LogP contribution in [0.15, 0.2) is 0 Å². The highest BCUT2D eigenvalue weighted by Crippen LogP contribution is 2.09. The SMILES string of the molecule is CC(C)(C)N(F)C=O. The van der Waals surface area contributed by atoms with Crippen molar-refractivity contribution >= 4 is 6.41 Å². The number of nitrogens with zero attached hydrogens (tertiary/aromatic N) is 1. The molecule has 0 spiro atoms. The van der Waals surface area contributed by atoms with Crippen molar-refractivity contribution in [2.45, 2.75) is 26.3 Å². The molecule has 0 atom stereocenters. The second-order valence-corrected chi connectivity index (χ2v) is 2.59. The number of halogens is 1. The molecule has 0 heterocycles. The summed E-state index contributed by atoms with van der Waals surface area (Å²) in [6, 6.07) is 0. The third-order valence-electron chi connectivity index (χ3n) is 0.733. The molecule has 3 heteroatoms. The van der Waals surface area contributed by atoms with Gasteiger partial charge in [0.2, 0.25) is 6.41 Å². The van der Waals surface area contributed by atoms with Crippen LogP contribution in [0.5, 0.6) is 0 Å². The summed E-state index contributed by atoms with van der Waals surface area (Å²) in [5, 5.41) is 0.132. The van der Waals surface area contributed by atoms with E-state index in [9.17, 15) is 9.28 Å². The van der Waals surface area contributed by atoms with Gasteiger partial charge in [0.15, 0.2) is 0 Å². The average Bonchev–Trinajstić information content (AvgIpc) is 1.62. The Morgan fingerprint density at radius 1 is 1.50 bits per heavy atom. The first-order valence-electron chi connectivity index (χ1n) is 2.39. The smallest absolute Gasteiger partial charge is 0.237 e. The van der Waals surface area contributed by atoms with Crippen molar-refractivity contribution in [3.05, 3.63) is 0 Å². The van der Waals surface area contributed by atoms with Crippen LogP contribution in [0.3, 0.4) is 0 Å². The maximum absolute atomic E-state index is 12.1. The highest BCUT2D eigenvalue weighted by atomic mass is 19.2. The van der Waals surface area contributed by atoms with Gasteiger partial charge in [0.1, 0.15) is 0 Å². The zero-order chi connectivity index (χ0) is 6.78. The van der Waals surface area contributed by atoms with Crippen molar-refractivity contribution < 1.29 is 9.28 Å². The Bertz CT molecular complexity index is 86.9. The van der Waals surface area contributed by atoms with Gasteiger partial charge >= 0.3 is 0 Å². The van der Waals surface area contributed by atoms with Gasteiger partial charge in [-0.3, -0.25) is 4.79 Å². The van der Waals surface area contributed by atoms with Crippen LogP contribution in [-0.2, 0) is 4.79 Å². The van der Waals surface area contributed by atoms with E-state index in [0.717, 1.165) is 0 Å². The first kappa shape index (κ1) is 7.40. The third kappa shape index (κ3) is 1.91. The predicted molar refractivity (Wildman–Crippen MR) is 28.8 cm³/mol. The molecule has 1 amide bonds. The van der Waals surface area contributed by atoms with E-state index in [2.05, 4.69) is 0 Å². The van der Waals surface area contributed by atoms with Crippen LogP contribution >= 0.6 is 0 Å². The lowest BCUT2D eigenvalue weighted by Gasteiger charge is -2.21. The van der Waals surface area contributed by atoms with Crippen LogP contribution in [0.25, 0.3) is 0 Å². The number of hydrogen-bond acceptors (Lipinski definition) is 1. The molecular formula is C5H10FNO. The summed E-state index contributed by atoms with van der Waals surface area (Å²) in [5.74, 6) is 0. The van der Waals surface area contributed by atoms with Crippen molar-refractivity contribution in [1.82, 2.24) is 5.12 Å². The van der Waals surface area contributed by atoms with E-state index in [4.69, 9.17) is 0 Å². The summed E-state index contributed by atoms with van der Waals surface area (Å²) >= 11 is 0. The first-order chi connectivity index (χ1) is 3.48. The quantitative estimate of drug-likeness (QED) is 0.374. The summed E-state index contributed by atoms with van der Waals surface area (Å²) in [7, 11) is 0. The van der Waals surface area contributed by atoms with Crippen LogP contribution in [0.1, 0.15) is 20.8 Å². The summed E-state index contributed by atoms with van der Waals surface area (Å²) in [6.07, 6.45) is 0.167. The molecule has 48 valence electrons. The number of rotatable bonds is 1. The minimum atomic E-state index is -0.693. The topological polar surface area (TPSA) is 20.3 Å². The monoisotopic (exact) mass is 119 g/mol. The summed E-state index contributed by atoms with van der Waals surface area (Å²) in [4.78, 5) is 9.70. The molecule has 0 aliphatic heterocycles. The Morgan fingerprint density at radius 3 is 1.88 bits per heavy atom. The molecule has 0 aromatic rings. The van der Waals surface area contributed by atoms with Crippen molar-refractivity contribution in [2.75, 3.05) is 0 Å². The Labute approximate surface area is 48.2 Å². The van der Waals surface area contributed by atoms with Crippen LogP contribution in [0.2, 0.25) is 0 Å². The van der Waals surface area contributed by atoms with Gasteiger partial charge in [-0.2, -0.15) is 5.12 Å². The standard InChI is InChI=1S/C5H10FNO/c1-5(2,3)7(6)4-8/h4H,1-3H3. The molecule has 0 aliphatic rings. The van der Waals surface area contributed by atoms with Crippen molar-refractivity contribution in [3.8, 4) is 0 Å². The molecule has 0 radical (unpaired) electrons. The molecular weight excluding hydrogens is 109 g/mol. The Hall–Kier alpha value is -0.600. The molecule has 0 aromatic carbocycles. The fraction of sp³-hybridized carbons (Fsp3) is 0.800. The normalized spacial score (nSPS) is 11.0. The minimum absolute atomic E-state index is 0.132.